The number of aromatic nitrogens is 4. The molecule has 0 bridgehead atoms. The Balaban J connectivity index is 1.57. The number of nitrogens with zero attached hydrogens (tertiary/aromatic N) is 3. The van der Waals surface area contributed by atoms with Crippen molar-refractivity contribution in [1.29, 1.82) is 0 Å². The smallest absolute Gasteiger partial charge is 0.269 e. The highest BCUT2D eigenvalue weighted by Gasteiger charge is 2.12. The average Bonchev–Trinajstić information content (AvgIpc) is 3.23. The van der Waals surface area contributed by atoms with Crippen LogP contribution >= 0.6 is 23.2 Å². The second-order valence-corrected chi connectivity index (χ2v) is 6.01. The maximum Gasteiger partial charge on any atom is 0.269 e. The molecular weight excluding hydrogens is 349 g/mol. The van der Waals surface area contributed by atoms with E-state index >= 15 is 0 Å². The SMILES string of the molecule is O=C(NCCCn1cccn1)c1cc(-c2ccc(Cl)cc2Cl)n[nH]1. The van der Waals surface area contributed by atoms with Gasteiger partial charge >= 0.3 is 0 Å². The lowest BCUT2D eigenvalue weighted by molar-refractivity contribution is 0.0947. The van der Waals surface area contributed by atoms with Gasteiger partial charge in [0, 0.05) is 36.1 Å². The van der Waals surface area contributed by atoms with Crippen LogP contribution in [0.5, 0.6) is 0 Å². The molecule has 1 amide bonds. The molecule has 124 valence electrons. The molecule has 0 atom stereocenters. The molecule has 24 heavy (non-hydrogen) atoms. The third-order valence-electron chi connectivity index (χ3n) is 3.44. The zero-order chi connectivity index (χ0) is 16.9. The molecule has 0 saturated carbocycles. The first kappa shape index (κ1) is 16.5. The van der Waals surface area contributed by atoms with E-state index in [0.29, 0.717) is 28.0 Å². The van der Waals surface area contributed by atoms with Gasteiger partial charge in [0.2, 0.25) is 0 Å². The lowest BCUT2D eigenvalue weighted by Crippen LogP contribution is -2.25. The fourth-order valence-corrected chi connectivity index (χ4v) is 2.75. The summed E-state index contributed by atoms with van der Waals surface area (Å²) < 4.78 is 1.82. The van der Waals surface area contributed by atoms with Crippen molar-refractivity contribution in [3.8, 4) is 11.3 Å². The van der Waals surface area contributed by atoms with Crippen molar-refractivity contribution >= 4 is 29.1 Å². The lowest BCUT2D eigenvalue weighted by Gasteiger charge is -2.03. The van der Waals surface area contributed by atoms with Crippen molar-refractivity contribution in [2.45, 2.75) is 13.0 Å². The Morgan fingerprint density at radius 1 is 1.29 bits per heavy atom. The van der Waals surface area contributed by atoms with Gasteiger partial charge in [-0.1, -0.05) is 23.2 Å². The minimum Gasteiger partial charge on any atom is -0.351 e. The molecule has 0 fully saturated rings. The Labute approximate surface area is 148 Å². The zero-order valence-corrected chi connectivity index (χ0v) is 14.2. The van der Waals surface area contributed by atoms with Crippen LogP contribution in [0.2, 0.25) is 10.0 Å². The highest BCUT2D eigenvalue weighted by molar-refractivity contribution is 6.36. The monoisotopic (exact) mass is 363 g/mol. The summed E-state index contributed by atoms with van der Waals surface area (Å²) in [5.74, 6) is -0.209. The summed E-state index contributed by atoms with van der Waals surface area (Å²) in [4.78, 5) is 12.1. The Morgan fingerprint density at radius 3 is 2.92 bits per heavy atom. The van der Waals surface area contributed by atoms with Gasteiger partial charge in [-0.15, -0.1) is 0 Å². The number of hydrogen-bond donors (Lipinski definition) is 2. The standard InChI is InChI=1S/C16H15Cl2N5O/c17-11-3-4-12(13(18)9-11)14-10-15(22-21-14)16(24)19-5-1-7-23-8-2-6-20-23/h2-4,6,8-10H,1,5,7H2,(H,19,24)(H,21,22). The minimum absolute atomic E-state index is 0.209. The zero-order valence-electron chi connectivity index (χ0n) is 12.7. The van der Waals surface area contributed by atoms with Gasteiger partial charge in [-0.25, -0.2) is 0 Å². The number of halogens is 2. The normalized spacial score (nSPS) is 10.8. The molecule has 0 spiro atoms. The summed E-state index contributed by atoms with van der Waals surface area (Å²) in [5, 5.41) is 14.9. The van der Waals surface area contributed by atoms with E-state index in [2.05, 4.69) is 20.6 Å². The van der Waals surface area contributed by atoms with Crippen LogP contribution in [-0.4, -0.2) is 32.4 Å². The molecule has 0 radical (unpaired) electrons. The molecule has 0 aliphatic heterocycles. The number of rotatable bonds is 6. The summed E-state index contributed by atoms with van der Waals surface area (Å²) in [5.41, 5.74) is 1.70. The Kier molecular flexibility index (Phi) is 5.17. The van der Waals surface area contributed by atoms with E-state index in [1.807, 2.05) is 16.9 Å². The quantitative estimate of drug-likeness (QED) is 0.659. The number of carbonyl (C=O) groups is 1. The highest BCUT2D eigenvalue weighted by atomic mass is 35.5. The van der Waals surface area contributed by atoms with Gasteiger partial charge in [0.25, 0.3) is 5.91 Å². The van der Waals surface area contributed by atoms with Crippen LogP contribution in [0, 0.1) is 0 Å². The Hall–Kier alpha value is -2.31. The number of aryl methyl sites for hydroxylation is 1. The third kappa shape index (κ3) is 3.96. The van der Waals surface area contributed by atoms with E-state index in [1.165, 1.54) is 0 Å². The minimum atomic E-state index is -0.209. The molecule has 0 aliphatic carbocycles. The van der Waals surface area contributed by atoms with Crippen molar-refractivity contribution in [2.75, 3.05) is 6.54 Å². The molecule has 2 N–H and O–H groups in total. The van der Waals surface area contributed by atoms with Crippen molar-refractivity contribution in [3.05, 3.63) is 58.5 Å². The number of hydrogen-bond acceptors (Lipinski definition) is 3. The molecule has 2 heterocycles. The highest BCUT2D eigenvalue weighted by Crippen LogP contribution is 2.29. The van der Waals surface area contributed by atoms with E-state index in [4.69, 9.17) is 23.2 Å². The van der Waals surface area contributed by atoms with Gasteiger partial charge in [-0.3, -0.25) is 14.6 Å². The number of carbonyl (C=O) groups excluding carboxylic acids is 1. The summed E-state index contributed by atoms with van der Waals surface area (Å²) in [6, 6.07) is 8.67. The van der Waals surface area contributed by atoms with Crippen molar-refractivity contribution in [2.24, 2.45) is 0 Å². The lowest BCUT2D eigenvalue weighted by atomic mass is 10.1. The van der Waals surface area contributed by atoms with Crippen LogP contribution in [0.15, 0.2) is 42.7 Å². The fourth-order valence-electron chi connectivity index (χ4n) is 2.24. The first-order valence-electron chi connectivity index (χ1n) is 7.40. The molecule has 0 saturated heterocycles. The van der Waals surface area contributed by atoms with Crippen molar-refractivity contribution < 1.29 is 4.79 Å². The largest absolute Gasteiger partial charge is 0.351 e. The van der Waals surface area contributed by atoms with Gasteiger partial charge < -0.3 is 5.32 Å². The van der Waals surface area contributed by atoms with E-state index < -0.39 is 0 Å². The maximum atomic E-state index is 12.1. The van der Waals surface area contributed by atoms with Crippen LogP contribution in [-0.2, 0) is 6.54 Å². The van der Waals surface area contributed by atoms with Crippen LogP contribution in [0.3, 0.4) is 0 Å². The second-order valence-electron chi connectivity index (χ2n) is 5.17. The van der Waals surface area contributed by atoms with E-state index in [1.54, 1.807) is 30.5 Å². The summed E-state index contributed by atoms with van der Waals surface area (Å²) in [6.07, 6.45) is 4.41. The van der Waals surface area contributed by atoms with Gasteiger partial charge in [0.1, 0.15) is 5.69 Å². The number of H-pyrrole nitrogens is 1. The number of nitrogens with one attached hydrogen (secondary N) is 2. The third-order valence-corrected chi connectivity index (χ3v) is 3.99. The molecule has 8 heteroatoms. The molecule has 1 aromatic carbocycles. The van der Waals surface area contributed by atoms with Gasteiger partial charge in [0.15, 0.2) is 0 Å². The van der Waals surface area contributed by atoms with Gasteiger partial charge in [-0.05, 0) is 36.8 Å². The summed E-state index contributed by atoms with van der Waals surface area (Å²) >= 11 is 12.0. The predicted octanol–water partition coefficient (Wildman–Crippen LogP) is 3.40. The number of amides is 1. The molecular formula is C16H15Cl2N5O. The predicted molar refractivity (Wildman–Crippen MR) is 93.2 cm³/mol. The Morgan fingerprint density at radius 2 is 2.17 bits per heavy atom. The van der Waals surface area contributed by atoms with Crippen LogP contribution < -0.4 is 5.32 Å². The van der Waals surface area contributed by atoms with Crippen molar-refractivity contribution in [3.63, 3.8) is 0 Å². The topological polar surface area (TPSA) is 75.6 Å². The summed E-state index contributed by atoms with van der Waals surface area (Å²) in [6.45, 7) is 1.30. The molecule has 6 nitrogen and oxygen atoms in total. The van der Waals surface area contributed by atoms with Crippen LogP contribution in [0.4, 0.5) is 0 Å². The first-order chi connectivity index (χ1) is 11.6. The van der Waals surface area contributed by atoms with E-state index in [0.717, 1.165) is 18.5 Å². The van der Waals surface area contributed by atoms with Gasteiger partial charge in [0.05, 0.1) is 10.7 Å². The second kappa shape index (κ2) is 7.51. The first-order valence-corrected chi connectivity index (χ1v) is 8.15. The summed E-state index contributed by atoms with van der Waals surface area (Å²) in [7, 11) is 0. The molecule has 3 aromatic rings. The number of aromatic amines is 1. The number of benzene rings is 1. The molecule has 0 unspecified atom stereocenters. The average molecular weight is 364 g/mol. The van der Waals surface area contributed by atoms with E-state index in [-0.39, 0.29) is 5.91 Å². The maximum absolute atomic E-state index is 12.1. The van der Waals surface area contributed by atoms with Gasteiger partial charge in [-0.2, -0.15) is 10.2 Å². The molecule has 3 rings (SSSR count). The Bertz CT molecular complexity index is 829. The van der Waals surface area contributed by atoms with Crippen molar-refractivity contribution in [1.82, 2.24) is 25.3 Å². The fraction of sp³-hybridized carbons (Fsp3) is 0.188. The molecule has 2 aromatic heterocycles. The molecule has 0 aliphatic rings. The van der Waals surface area contributed by atoms with Crippen LogP contribution in [0.25, 0.3) is 11.3 Å². The van der Waals surface area contributed by atoms with E-state index in [9.17, 15) is 4.79 Å². The van der Waals surface area contributed by atoms with Crippen LogP contribution in [0.1, 0.15) is 16.9 Å².